The Balaban J connectivity index is 2.06. The van der Waals surface area contributed by atoms with E-state index in [4.69, 9.17) is 9.84 Å². The van der Waals surface area contributed by atoms with Crippen molar-refractivity contribution in [1.82, 2.24) is 5.32 Å². The summed E-state index contributed by atoms with van der Waals surface area (Å²) in [6.45, 7) is -0.197. The third-order valence-electron chi connectivity index (χ3n) is 3.12. The number of hydrogen-bond donors (Lipinski definition) is 4. The van der Waals surface area contributed by atoms with Crippen LogP contribution in [0.15, 0.2) is 0 Å². The molecule has 6 atom stereocenters. The van der Waals surface area contributed by atoms with Gasteiger partial charge in [0.2, 0.25) is 0 Å². The van der Waals surface area contributed by atoms with Gasteiger partial charge in [-0.25, -0.2) is 0 Å². The van der Waals surface area contributed by atoms with Crippen LogP contribution in [-0.4, -0.2) is 59.4 Å². The molecular formula is C8H15NO4. The van der Waals surface area contributed by atoms with Crippen molar-refractivity contribution >= 4 is 0 Å². The first-order chi connectivity index (χ1) is 6.20. The Hall–Kier alpha value is -0.200. The average Bonchev–Trinajstić information content (AvgIpc) is 2.39. The lowest BCUT2D eigenvalue weighted by Gasteiger charge is -2.44. The molecule has 4 N–H and O–H groups in total. The summed E-state index contributed by atoms with van der Waals surface area (Å²) in [5.41, 5.74) is 0. The molecule has 0 radical (unpaired) electrons. The molecule has 6 unspecified atom stereocenters. The first-order valence-corrected chi connectivity index (χ1v) is 4.50. The predicted octanol–water partition coefficient (Wildman–Crippen LogP) is -2.31. The lowest BCUT2D eigenvalue weighted by atomic mass is 9.72. The van der Waals surface area contributed by atoms with Crippen molar-refractivity contribution in [1.29, 1.82) is 0 Å². The zero-order valence-electron chi connectivity index (χ0n) is 7.42. The molecule has 76 valence electrons. The monoisotopic (exact) mass is 189 g/mol. The molecule has 0 aromatic rings. The number of hydrogen-bond acceptors (Lipinski definition) is 5. The summed E-state index contributed by atoms with van der Waals surface area (Å²) in [5, 5.41) is 30.9. The lowest BCUT2D eigenvalue weighted by Crippen LogP contribution is -2.65. The van der Waals surface area contributed by atoms with E-state index in [0.717, 1.165) is 0 Å². The summed E-state index contributed by atoms with van der Waals surface area (Å²) in [7, 11) is 1.74. The van der Waals surface area contributed by atoms with E-state index < -0.39 is 18.3 Å². The van der Waals surface area contributed by atoms with Crippen LogP contribution >= 0.6 is 0 Å². The minimum atomic E-state index is -0.741. The fourth-order valence-corrected chi connectivity index (χ4v) is 2.31. The molecule has 5 heteroatoms. The first kappa shape index (κ1) is 9.36. The molecule has 1 heterocycles. The highest BCUT2D eigenvalue weighted by Gasteiger charge is 2.60. The summed E-state index contributed by atoms with van der Waals surface area (Å²) in [6.07, 6.45) is -2.01. The van der Waals surface area contributed by atoms with Gasteiger partial charge in [0.05, 0.1) is 31.0 Å². The summed E-state index contributed by atoms with van der Waals surface area (Å²) in [5.74, 6) is -0.241. The van der Waals surface area contributed by atoms with Crippen molar-refractivity contribution < 1.29 is 20.1 Å². The molecule has 1 aliphatic heterocycles. The Morgan fingerprint density at radius 2 is 2.00 bits per heavy atom. The third-order valence-corrected chi connectivity index (χ3v) is 3.12. The van der Waals surface area contributed by atoms with E-state index in [1.54, 1.807) is 7.05 Å². The molecule has 0 aromatic heterocycles. The van der Waals surface area contributed by atoms with Crippen molar-refractivity contribution in [2.45, 2.75) is 30.5 Å². The average molecular weight is 189 g/mol. The third kappa shape index (κ3) is 1.12. The van der Waals surface area contributed by atoms with E-state index in [-0.39, 0.29) is 24.7 Å². The molecule has 0 amide bonds. The summed E-state index contributed by atoms with van der Waals surface area (Å²) < 4.78 is 5.37. The van der Waals surface area contributed by atoms with Crippen LogP contribution in [0.4, 0.5) is 0 Å². The van der Waals surface area contributed by atoms with Crippen LogP contribution in [-0.2, 0) is 4.74 Å². The quantitative estimate of drug-likeness (QED) is 0.392. The Labute approximate surface area is 76.3 Å². The molecule has 2 fully saturated rings. The summed E-state index contributed by atoms with van der Waals surface area (Å²) in [4.78, 5) is 0. The molecule has 0 bridgehead atoms. The van der Waals surface area contributed by atoms with Gasteiger partial charge in [-0.3, -0.25) is 0 Å². The summed E-state index contributed by atoms with van der Waals surface area (Å²) >= 11 is 0. The normalized spacial score (nSPS) is 54.5. The maximum absolute atomic E-state index is 9.59. The number of ether oxygens (including phenoxy) is 1. The minimum Gasteiger partial charge on any atom is -0.394 e. The molecule has 0 spiro atoms. The maximum atomic E-state index is 9.59. The molecular weight excluding hydrogens is 174 g/mol. The highest BCUT2D eigenvalue weighted by Crippen LogP contribution is 2.41. The van der Waals surface area contributed by atoms with Gasteiger partial charge in [0, 0.05) is 5.92 Å². The van der Waals surface area contributed by atoms with Crippen LogP contribution in [0.2, 0.25) is 0 Å². The fraction of sp³-hybridized carbons (Fsp3) is 1.00. The minimum absolute atomic E-state index is 0.115. The van der Waals surface area contributed by atoms with Gasteiger partial charge >= 0.3 is 0 Å². The van der Waals surface area contributed by atoms with E-state index in [2.05, 4.69) is 5.32 Å². The Kier molecular flexibility index (Phi) is 2.29. The SMILES string of the molecule is CNC1C(O)C2C(O)C(CO)OC12. The highest BCUT2D eigenvalue weighted by molar-refractivity contribution is 5.11. The first-order valence-electron chi connectivity index (χ1n) is 4.50. The lowest BCUT2D eigenvalue weighted by molar-refractivity contribution is -0.119. The van der Waals surface area contributed by atoms with Gasteiger partial charge in [-0.2, -0.15) is 0 Å². The van der Waals surface area contributed by atoms with E-state index in [1.165, 1.54) is 0 Å². The van der Waals surface area contributed by atoms with Crippen LogP contribution in [0.3, 0.4) is 0 Å². The van der Waals surface area contributed by atoms with Crippen LogP contribution in [0.5, 0.6) is 0 Å². The van der Waals surface area contributed by atoms with Crippen molar-refractivity contribution in [2.75, 3.05) is 13.7 Å². The van der Waals surface area contributed by atoms with Gasteiger partial charge in [-0.1, -0.05) is 0 Å². The van der Waals surface area contributed by atoms with Crippen molar-refractivity contribution in [3.63, 3.8) is 0 Å². The molecule has 13 heavy (non-hydrogen) atoms. The van der Waals surface area contributed by atoms with Gasteiger partial charge in [0.15, 0.2) is 0 Å². The molecule has 1 saturated heterocycles. The molecule has 0 aromatic carbocycles. The van der Waals surface area contributed by atoms with Crippen molar-refractivity contribution in [3.8, 4) is 0 Å². The van der Waals surface area contributed by atoms with E-state index in [9.17, 15) is 10.2 Å². The molecule has 2 rings (SSSR count). The standard InChI is InChI=1S/C8H15NO4/c1-9-5-7(12)4-6(11)3(2-10)13-8(4)5/h3-12H,2H2,1H3. The van der Waals surface area contributed by atoms with E-state index in [1.807, 2.05) is 0 Å². The number of rotatable bonds is 2. The van der Waals surface area contributed by atoms with Crippen LogP contribution < -0.4 is 5.32 Å². The fourth-order valence-electron chi connectivity index (χ4n) is 2.31. The number of fused-ring (bicyclic) bond motifs is 1. The van der Waals surface area contributed by atoms with Gasteiger partial charge in [0.1, 0.15) is 6.10 Å². The van der Waals surface area contributed by atoms with E-state index >= 15 is 0 Å². The number of nitrogens with one attached hydrogen (secondary N) is 1. The van der Waals surface area contributed by atoms with Crippen molar-refractivity contribution in [2.24, 2.45) is 5.92 Å². The smallest absolute Gasteiger partial charge is 0.107 e. The van der Waals surface area contributed by atoms with Crippen LogP contribution in [0.25, 0.3) is 0 Å². The zero-order valence-corrected chi connectivity index (χ0v) is 7.42. The van der Waals surface area contributed by atoms with Gasteiger partial charge in [-0.15, -0.1) is 0 Å². The zero-order chi connectivity index (χ0) is 9.59. The number of aliphatic hydroxyl groups is 3. The molecule has 1 aliphatic carbocycles. The Morgan fingerprint density at radius 1 is 1.31 bits per heavy atom. The van der Waals surface area contributed by atoms with Gasteiger partial charge < -0.3 is 25.4 Å². The Bertz CT molecular complexity index is 199. The molecule has 5 nitrogen and oxygen atoms in total. The number of likely N-dealkylation sites (N-methyl/N-ethyl adjacent to an activating group) is 1. The second-order valence-corrected chi connectivity index (χ2v) is 3.69. The molecule has 1 saturated carbocycles. The number of aliphatic hydroxyl groups excluding tert-OH is 3. The second kappa shape index (κ2) is 3.18. The second-order valence-electron chi connectivity index (χ2n) is 3.69. The Morgan fingerprint density at radius 3 is 2.54 bits per heavy atom. The maximum Gasteiger partial charge on any atom is 0.107 e. The van der Waals surface area contributed by atoms with Crippen LogP contribution in [0, 0.1) is 5.92 Å². The topological polar surface area (TPSA) is 82.0 Å². The van der Waals surface area contributed by atoms with Gasteiger partial charge in [-0.05, 0) is 7.05 Å². The van der Waals surface area contributed by atoms with Crippen molar-refractivity contribution in [3.05, 3.63) is 0 Å². The largest absolute Gasteiger partial charge is 0.394 e. The molecule has 2 aliphatic rings. The van der Waals surface area contributed by atoms with Gasteiger partial charge in [0.25, 0.3) is 0 Å². The highest BCUT2D eigenvalue weighted by atomic mass is 16.5. The van der Waals surface area contributed by atoms with Crippen LogP contribution in [0.1, 0.15) is 0 Å². The van der Waals surface area contributed by atoms with E-state index in [0.29, 0.717) is 0 Å². The predicted molar refractivity (Wildman–Crippen MR) is 44.1 cm³/mol. The summed E-state index contributed by atoms with van der Waals surface area (Å²) in [6, 6.07) is -0.115.